The maximum Gasteiger partial charge on any atom is 0.387 e. The normalized spacial score (nSPS) is 17.5. The van der Waals surface area contributed by atoms with E-state index in [0.717, 1.165) is 37.9 Å². The molecule has 8 heteroatoms. The molecule has 1 unspecified atom stereocenters. The second-order valence-electron chi connectivity index (χ2n) is 6.90. The smallest absolute Gasteiger partial charge is 0.387 e. The minimum absolute atomic E-state index is 0. The van der Waals surface area contributed by atoms with Crippen LogP contribution in [0.2, 0.25) is 0 Å². The summed E-state index contributed by atoms with van der Waals surface area (Å²) < 4.78 is 29.7. The lowest BCUT2D eigenvalue weighted by molar-refractivity contribution is -0.121. The van der Waals surface area contributed by atoms with E-state index >= 15 is 0 Å². The standard InChI is InChI=1S/C19H29F2N3O2.ClH/c1-13-9-15(10-14(2)18(13)26-19(20)21)12-24-8-4-3-5-16(24)11-23-17(25)6-7-22;/h9-10,16,19H,3-8,11-12,22H2,1-2H3,(H,23,25);1H. The number of carbonyl (C=O) groups excluding carboxylic acids is 1. The van der Waals surface area contributed by atoms with E-state index in [1.807, 2.05) is 12.1 Å². The highest BCUT2D eigenvalue weighted by molar-refractivity contribution is 5.85. The molecule has 27 heavy (non-hydrogen) atoms. The molecule has 0 aromatic heterocycles. The van der Waals surface area contributed by atoms with E-state index in [-0.39, 0.29) is 30.1 Å². The van der Waals surface area contributed by atoms with Gasteiger partial charge in [-0.05, 0) is 49.9 Å². The number of aryl methyl sites for hydroxylation is 2. The van der Waals surface area contributed by atoms with Crippen molar-refractivity contribution in [2.45, 2.75) is 58.7 Å². The Morgan fingerprint density at radius 3 is 2.59 bits per heavy atom. The molecule has 0 aliphatic carbocycles. The summed E-state index contributed by atoms with van der Waals surface area (Å²) in [4.78, 5) is 14.0. The highest BCUT2D eigenvalue weighted by Crippen LogP contribution is 2.28. The number of nitrogens with two attached hydrogens (primary N) is 1. The van der Waals surface area contributed by atoms with Gasteiger partial charge >= 0.3 is 6.61 Å². The molecule has 1 heterocycles. The predicted molar refractivity (Wildman–Crippen MR) is 105 cm³/mol. The van der Waals surface area contributed by atoms with Gasteiger partial charge < -0.3 is 15.8 Å². The molecule has 154 valence electrons. The van der Waals surface area contributed by atoms with Gasteiger partial charge in [0.25, 0.3) is 0 Å². The molecule has 3 N–H and O–H groups in total. The Kier molecular flexibility index (Phi) is 9.98. The zero-order chi connectivity index (χ0) is 19.1. The Labute approximate surface area is 166 Å². The van der Waals surface area contributed by atoms with Crippen LogP contribution in [-0.2, 0) is 11.3 Å². The van der Waals surface area contributed by atoms with Gasteiger partial charge in [-0.1, -0.05) is 18.6 Å². The van der Waals surface area contributed by atoms with E-state index in [4.69, 9.17) is 5.73 Å². The lowest BCUT2D eigenvalue weighted by Crippen LogP contribution is -2.46. The Balaban J connectivity index is 0.00000364. The largest absolute Gasteiger partial charge is 0.434 e. The Morgan fingerprint density at radius 2 is 2.00 bits per heavy atom. The summed E-state index contributed by atoms with van der Waals surface area (Å²) in [7, 11) is 0. The minimum Gasteiger partial charge on any atom is -0.434 e. The van der Waals surface area contributed by atoms with E-state index in [2.05, 4.69) is 15.0 Å². The summed E-state index contributed by atoms with van der Waals surface area (Å²) in [5.74, 6) is 0.242. The van der Waals surface area contributed by atoms with Crippen molar-refractivity contribution in [3.8, 4) is 5.75 Å². The molecule has 2 rings (SSSR count). The molecular formula is C19H30ClF2N3O2. The van der Waals surface area contributed by atoms with Crippen LogP contribution in [0.25, 0.3) is 0 Å². The molecule has 1 fully saturated rings. The van der Waals surface area contributed by atoms with Gasteiger partial charge in [-0.3, -0.25) is 9.69 Å². The first kappa shape index (κ1) is 23.6. The molecule has 0 spiro atoms. The number of hydrogen-bond acceptors (Lipinski definition) is 4. The van der Waals surface area contributed by atoms with Crippen molar-refractivity contribution in [3.63, 3.8) is 0 Å². The Morgan fingerprint density at radius 1 is 1.33 bits per heavy atom. The number of ether oxygens (including phenoxy) is 1. The molecular weight excluding hydrogens is 376 g/mol. The average molecular weight is 406 g/mol. The Bertz CT molecular complexity index is 594. The van der Waals surface area contributed by atoms with E-state index in [1.54, 1.807) is 13.8 Å². The van der Waals surface area contributed by atoms with Gasteiger partial charge in [0, 0.05) is 32.1 Å². The number of hydrogen-bond donors (Lipinski definition) is 2. The van der Waals surface area contributed by atoms with Crippen LogP contribution in [0.15, 0.2) is 12.1 Å². The first-order valence-electron chi connectivity index (χ1n) is 9.16. The highest BCUT2D eigenvalue weighted by Gasteiger charge is 2.23. The third kappa shape index (κ3) is 7.24. The summed E-state index contributed by atoms with van der Waals surface area (Å²) in [5, 5.41) is 2.96. The number of carbonyl (C=O) groups is 1. The predicted octanol–water partition coefficient (Wildman–Crippen LogP) is 3.15. The van der Waals surface area contributed by atoms with Gasteiger partial charge in [-0.2, -0.15) is 8.78 Å². The third-order valence-corrected chi connectivity index (χ3v) is 4.77. The maximum absolute atomic E-state index is 12.5. The van der Waals surface area contributed by atoms with Crippen molar-refractivity contribution in [3.05, 3.63) is 28.8 Å². The number of likely N-dealkylation sites (tertiary alicyclic amines) is 1. The van der Waals surface area contributed by atoms with Gasteiger partial charge in [0.05, 0.1) is 0 Å². The van der Waals surface area contributed by atoms with Crippen molar-refractivity contribution in [1.82, 2.24) is 10.2 Å². The first-order valence-corrected chi connectivity index (χ1v) is 9.16. The highest BCUT2D eigenvalue weighted by atomic mass is 35.5. The van der Waals surface area contributed by atoms with Crippen molar-refractivity contribution in [1.29, 1.82) is 0 Å². The van der Waals surface area contributed by atoms with Gasteiger partial charge in [-0.15, -0.1) is 12.4 Å². The number of nitrogens with one attached hydrogen (secondary N) is 1. The SMILES string of the molecule is Cc1cc(CN2CCCCC2CNC(=O)CCN)cc(C)c1OC(F)F.Cl. The van der Waals surface area contributed by atoms with Crippen LogP contribution in [-0.4, -0.2) is 43.1 Å². The topological polar surface area (TPSA) is 67.6 Å². The molecule has 1 amide bonds. The van der Waals surface area contributed by atoms with Crippen molar-refractivity contribution < 1.29 is 18.3 Å². The molecule has 1 aliphatic heterocycles. The molecule has 1 aliphatic rings. The second-order valence-corrected chi connectivity index (χ2v) is 6.90. The maximum atomic E-state index is 12.5. The zero-order valence-electron chi connectivity index (χ0n) is 16.0. The van der Waals surface area contributed by atoms with Crippen LogP contribution < -0.4 is 15.8 Å². The summed E-state index contributed by atoms with van der Waals surface area (Å²) >= 11 is 0. The second kappa shape index (κ2) is 11.4. The van der Waals surface area contributed by atoms with Crippen LogP contribution in [0, 0.1) is 13.8 Å². The van der Waals surface area contributed by atoms with Gasteiger partial charge in [0.1, 0.15) is 5.75 Å². The average Bonchev–Trinajstić information content (AvgIpc) is 2.57. The van der Waals surface area contributed by atoms with Crippen LogP contribution in [0.1, 0.15) is 42.4 Å². The van der Waals surface area contributed by atoms with Gasteiger partial charge in [0.2, 0.25) is 5.91 Å². The molecule has 1 atom stereocenters. The molecule has 5 nitrogen and oxygen atoms in total. The molecule has 1 aromatic carbocycles. The number of piperidine rings is 1. The van der Waals surface area contributed by atoms with Crippen molar-refractivity contribution in [2.24, 2.45) is 5.73 Å². The number of amides is 1. The van der Waals surface area contributed by atoms with E-state index in [1.165, 1.54) is 0 Å². The molecule has 0 saturated carbocycles. The lowest BCUT2D eigenvalue weighted by Gasteiger charge is -2.36. The van der Waals surface area contributed by atoms with Crippen molar-refractivity contribution in [2.75, 3.05) is 19.6 Å². The van der Waals surface area contributed by atoms with Crippen LogP contribution in [0.3, 0.4) is 0 Å². The summed E-state index contributed by atoms with van der Waals surface area (Å²) in [6, 6.07) is 4.09. The minimum atomic E-state index is -2.82. The van der Waals surface area contributed by atoms with Crippen LogP contribution in [0.5, 0.6) is 5.75 Å². The first-order chi connectivity index (χ1) is 12.4. The van der Waals surface area contributed by atoms with E-state index in [0.29, 0.717) is 30.6 Å². The fraction of sp³-hybridized carbons (Fsp3) is 0.632. The number of alkyl halides is 2. The van der Waals surface area contributed by atoms with E-state index < -0.39 is 6.61 Å². The number of nitrogens with zero attached hydrogens (tertiary/aromatic N) is 1. The molecule has 1 saturated heterocycles. The van der Waals surface area contributed by atoms with Crippen LogP contribution in [0.4, 0.5) is 8.78 Å². The van der Waals surface area contributed by atoms with Crippen molar-refractivity contribution >= 4 is 18.3 Å². The zero-order valence-corrected chi connectivity index (χ0v) is 16.8. The summed E-state index contributed by atoms with van der Waals surface area (Å²) in [6.45, 7) is 3.42. The van der Waals surface area contributed by atoms with Gasteiger partial charge in [0.15, 0.2) is 0 Å². The number of benzene rings is 1. The summed E-state index contributed by atoms with van der Waals surface area (Å²) in [5.41, 5.74) is 7.91. The Hall–Kier alpha value is -1.44. The lowest BCUT2D eigenvalue weighted by atomic mass is 9.99. The molecule has 1 aromatic rings. The quantitative estimate of drug-likeness (QED) is 0.697. The van der Waals surface area contributed by atoms with E-state index in [9.17, 15) is 13.6 Å². The third-order valence-electron chi connectivity index (χ3n) is 4.77. The fourth-order valence-electron chi connectivity index (χ4n) is 3.59. The fourth-order valence-corrected chi connectivity index (χ4v) is 3.59. The monoisotopic (exact) mass is 405 g/mol. The molecule has 0 radical (unpaired) electrons. The number of halogens is 3. The molecule has 0 bridgehead atoms. The van der Waals surface area contributed by atoms with Gasteiger partial charge in [-0.25, -0.2) is 0 Å². The summed E-state index contributed by atoms with van der Waals surface area (Å²) in [6.07, 6.45) is 3.65. The van der Waals surface area contributed by atoms with Crippen LogP contribution >= 0.6 is 12.4 Å². The number of rotatable bonds is 8.